The van der Waals surface area contributed by atoms with Gasteiger partial charge in [-0.15, -0.1) is 12.3 Å². The summed E-state index contributed by atoms with van der Waals surface area (Å²) in [6.45, 7) is 3.72. The Kier molecular flexibility index (Phi) is 6.76. The Balaban J connectivity index is 3.17. The minimum atomic E-state index is 0.254. The lowest BCUT2D eigenvalue weighted by Crippen LogP contribution is -2.17. The van der Waals surface area contributed by atoms with Crippen LogP contribution < -0.4 is 5.32 Å². The molecule has 0 radical (unpaired) electrons. The van der Waals surface area contributed by atoms with Crippen LogP contribution in [0.4, 0.5) is 0 Å². The van der Waals surface area contributed by atoms with Gasteiger partial charge in [0.1, 0.15) is 5.78 Å². The molecule has 0 aromatic carbocycles. The molecule has 2 nitrogen and oxygen atoms in total. The van der Waals surface area contributed by atoms with Gasteiger partial charge in [-0.2, -0.15) is 0 Å². The summed E-state index contributed by atoms with van der Waals surface area (Å²) in [4.78, 5) is 10.9. The average molecular weight is 153 g/mol. The number of hydrogen-bond donors (Lipinski definition) is 1. The molecular formula is C9H15NO. The lowest BCUT2D eigenvalue weighted by atomic mass is 10.2. The van der Waals surface area contributed by atoms with Crippen LogP contribution in [0, 0.1) is 12.3 Å². The van der Waals surface area contributed by atoms with Crippen LogP contribution in [-0.4, -0.2) is 18.9 Å². The highest BCUT2D eigenvalue weighted by molar-refractivity contribution is 5.78. The zero-order chi connectivity index (χ0) is 8.53. The number of hydrogen-bond acceptors (Lipinski definition) is 2. The maximum absolute atomic E-state index is 10.9. The molecule has 0 rings (SSSR count). The van der Waals surface area contributed by atoms with Crippen molar-refractivity contribution in [3.05, 3.63) is 0 Å². The number of rotatable bonds is 6. The van der Waals surface area contributed by atoms with Crippen LogP contribution >= 0.6 is 0 Å². The molecule has 0 aromatic rings. The Morgan fingerprint density at radius 1 is 1.55 bits per heavy atom. The molecule has 0 amide bonds. The molecule has 0 aliphatic rings. The maximum atomic E-state index is 10.9. The quantitative estimate of drug-likeness (QED) is 0.455. The third-order valence-electron chi connectivity index (χ3n) is 1.38. The molecule has 0 aromatic heterocycles. The van der Waals surface area contributed by atoms with E-state index in [1.165, 1.54) is 0 Å². The highest BCUT2D eigenvalue weighted by atomic mass is 16.1. The molecular weight excluding hydrogens is 138 g/mol. The Morgan fingerprint density at radius 2 is 2.27 bits per heavy atom. The summed E-state index contributed by atoms with van der Waals surface area (Å²) in [7, 11) is 0. The van der Waals surface area contributed by atoms with Gasteiger partial charge in [0.25, 0.3) is 0 Å². The zero-order valence-corrected chi connectivity index (χ0v) is 7.02. The van der Waals surface area contributed by atoms with E-state index < -0.39 is 0 Å². The molecule has 11 heavy (non-hydrogen) atoms. The Morgan fingerprint density at radius 3 is 2.82 bits per heavy atom. The first-order valence-corrected chi connectivity index (χ1v) is 3.97. The third-order valence-corrected chi connectivity index (χ3v) is 1.38. The first-order chi connectivity index (χ1) is 5.31. The average Bonchev–Trinajstić information content (AvgIpc) is 2.01. The second kappa shape index (κ2) is 7.30. The molecule has 2 heteroatoms. The van der Waals surface area contributed by atoms with E-state index in [4.69, 9.17) is 6.42 Å². The van der Waals surface area contributed by atoms with Crippen molar-refractivity contribution in [3.8, 4) is 12.3 Å². The molecule has 0 heterocycles. The van der Waals surface area contributed by atoms with Crippen molar-refractivity contribution in [1.29, 1.82) is 0 Å². The Labute approximate surface area is 68.4 Å². The fourth-order valence-corrected chi connectivity index (χ4v) is 0.741. The molecule has 0 unspecified atom stereocenters. The van der Waals surface area contributed by atoms with Crippen LogP contribution in [0.25, 0.3) is 0 Å². The lowest BCUT2D eigenvalue weighted by molar-refractivity contribution is -0.118. The summed E-state index contributed by atoms with van der Waals surface area (Å²) in [6.07, 6.45) is 6.72. The van der Waals surface area contributed by atoms with E-state index in [9.17, 15) is 4.79 Å². The molecule has 0 bridgehead atoms. The van der Waals surface area contributed by atoms with Crippen LogP contribution in [0.3, 0.4) is 0 Å². The summed E-state index contributed by atoms with van der Waals surface area (Å²) < 4.78 is 0. The maximum Gasteiger partial charge on any atom is 0.135 e. The minimum absolute atomic E-state index is 0.254. The van der Waals surface area contributed by atoms with Crippen LogP contribution in [0.2, 0.25) is 0 Å². The first kappa shape index (κ1) is 10.2. The smallest absolute Gasteiger partial charge is 0.135 e. The number of carbonyl (C=O) groups is 1. The largest absolute Gasteiger partial charge is 0.317 e. The second-order valence-corrected chi connectivity index (χ2v) is 2.35. The van der Waals surface area contributed by atoms with Crippen LogP contribution in [0.5, 0.6) is 0 Å². The number of ketones is 1. The number of Topliss-reactive ketones (excluding diaryl/α,β-unsaturated/α-hetero) is 1. The van der Waals surface area contributed by atoms with Crippen molar-refractivity contribution in [3.63, 3.8) is 0 Å². The predicted molar refractivity (Wildman–Crippen MR) is 46.2 cm³/mol. The van der Waals surface area contributed by atoms with Gasteiger partial charge in [-0.05, 0) is 6.54 Å². The highest BCUT2D eigenvalue weighted by Crippen LogP contribution is 1.92. The molecule has 0 saturated heterocycles. The Hall–Kier alpha value is -0.810. The highest BCUT2D eigenvalue weighted by Gasteiger charge is 1.98. The standard InChI is InChI=1S/C9H15NO/c1-3-5-6-9(11)7-8-10-4-2/h1,10H,4-8H2,2H3. The van der Waals surface area contributed by atoms with Gasteiger partial charge in [-0.1, -0.05) is 6.92 Å². The molecule has 0 spiro atoms. The molecule has 0 fully saturated rings. The van der Waals surface area contributed by atoms with Gasteiger partial charge >= 0.3 is 0 Å². The van der Waals surface area contributed by atoms with E-state index in [1.54, 1.807) is 0 Å². The normalized spacial score (nSPS) is 9.09. The van der Waals surface area contributed by atoms with E-state index >= 15 is 0 Å². The van der Waals surface area contributed by atoms with E-state index in [0.29, 0.717) is 19.3 Å². The SMILES string of the molecule is C#CCCC(=O)CCNCC. The summed E-state index contributed by atoms with van der Waals surface area (Å²) in [5, 5.41) is 3.08. The molecule has 1 N–H and O–H groups in total. The van der Waals surface area contributed by atoms with Crippen molar-refractivity contribution < 1.29 is 4.79 Å². The summed E-state index contributed by atoms with van der Waals surface area (Å²) in [5.74, 6) is 2.70. The first-order valence-electron chi connectivity index (χ1n) is 3.97. The van der Waals surface area contributed by atoms with Gasteiger partial charge in [-0.3, -0.25) is 4.79 Å². The summed E-state index contributed by atoms with van der Waals surface area (Å²) >= 11 is 0. The summed E-state index contributed by atoms with van der Waals surface area (Å²) in [5.41, 5.74) is 0. The van der Waals surface area contributed by atoms with Gasteiger partial charge in [0.2, 0.25) is 0 Å². The van der Waals surface area contributed by atoms with Crippen molar-refractivity contribution in [2.24, 2.45) is 0 Å². The van der Waals surface area contributed by atoms with Crippen molar-refractivity contribution >= 4 is 5.78 Å². The van der Waals surface area contributed by atoms with Gasteiger partial charge < -0.3 is 5.32 Å². The molecule has 0 saturated carbocycles. The number of carbonyl (C=O) groups excluding carboxylic acids is 1. The monoisotopic (exact) mass is 153 g/mol. The van der Waals surface area contributed by atoms with E-state index in [0.717, 1.165) is 13.1 Å². The fraction of sp³-hybridized carbons (Fsp3) is 0.667. The zero-order valence-electron chi connectivity index (χ0n) is 7.02. The number of terminal acetylenes is 1. The van der Waals surface area contributed by atoms with Crippen molar-refractivity contribution in [2.45, 2.75) is 26.2 Å². The minimum Gasteiger partial charge on any atom is -0.317 e. The van der Waals surface area contributed by atoms with Gasteiger partial charge in [0, 0.05) is 25.8 Å². The molecule has 0 aliphatic heterocycles. The topological polar surface area (TPSA) is 29.1 Å². The van der Waals surface area contributed by atoms with E-state index in [1.807, 2.05) is 6.92 Å². The summed E-state index contributed by atoms with van der Waals surface area (Å²) in [6, 6.07) is 0. The molecule has 0 aliphatic carbocycles. The van der Waals surface area contributed by atoms with Crippen LogP contribution in [0.1, 0.15) is 26.2 Å². The fourth-order valence-electron chi connectivity index (χ4n) is 0.741. The van der Waals surface area contributed by atoms with Crippen LogP contribution in [0.15, 0.2) is 0 Å². The predicted octanol–water partition coefficient (Wildman–Crippen LogP) is 0.969. The Bertz CT molecular complexity index is 146. The number of nitrogens with one attached hydrogen (secondary N) is 1. The van der Waals surface area contributed by atoms with Crippen molar-refractivity contribution in [2.75, 3.05) is 13.1 Å². The van der Waals surface area contributed by atoms with Gasteiger partial charge in [0.05, 0.1) is 0 Å². The van der Waals surface area contributed by atoms with Crippen LogP contribution in [-0.2, 0) is 4.79 Å². The van der Waals surface area contributed by atoms with Gasteiger partial charge in [0.15, 0.2) is 0 Å². The lowest BCUT2D eigenvalue weighted by Gasteiger charge is -1.98. The van der Waals surface area contributed by atoms with E-state index in [2.05, 4.69) is 11.2 Å². The molecule has 0 atom stereocenters. The molecule has 62 valence electrons. The van der Waals surface area contributed by atoms with Crippen molar-refractivity contribution in [1.82, 2.24) is 5.32 Å². The third kappa shape index (κ3) is 7.08. The van der Waals surface area contributed by atoms with Gasteiger partial charge in [-0.25, -0.2) is 0 Å². The van der Waals surface area contributed by atoms with E-state index in [-0.39, 0.29) is 5.78 Å². The second-order valence-electron chi connectivity index (χ2n) is 2.35.